The van der Waals surface area contributed by atoms with Crippen molar-refractivity contribution in [2.45, 2.75) is 25.9 Å². The maximum Gasteiger partial charge on any atom is 0.0619 e. The molecule has 2 atom stereocenters. The van der Waals surface area contributed by atoms with E-state index < -0.39 is 0 Å². The Morgan fingerprint density at radius 2 is 2.35 bits per heavy atom. The summed E-state index contributed by atoms with van der Waals surface area (Å²) in [5.41, 5.74) is 8.77. The van der Waals surface area contributed by atoms with Crippen molar-refractivity contribution in [1.29, 1.82) is 0 Å². The molecule has 17 heavy (non-hydrogen) atoms. The molecule has 1 fully saturated rings. The second kappa shape index (κ2) is 5.63. The number of benzene rings is 1. The Balaban J connectivity index is 1.98. The number of ether oxygens (including phenoxy) is 1. The number of nitrogens with two attached hydrogens (primary N) is 1. The van der Waals surface area contributed by atoms with Crippen LogP contribution in [0.25, 0.3) is 0 Å². The maximum atomic E-state index is 6.27. The van der Waals surface area contributed by atoms with Gasteiger partial charge in [0.1, 0.15) is 0 Å². The van der Waals surface area contributed by atoms with Crippen molar-refractivity contribution in [2.24, 2.45) is 5.73 Å². The molecular weight excluding hydrogens is 212 g/mol. The van der Waals surface area contributed by atoms with Gasteiger partial charge in [0, 0.05) is 25.2 Å². The summed E-state index contributed by atoms with van der Waals surface area (Å²) >= 11 is 0. The predicted molar refractivity (Wildman–Crippen MR) is 70.0 cm³/mol. The Labute approximate surface area is 104 Å². The quantitative estimate of drug-likeness (QED) is 0.865. The SMILES string of the molecule is Cc1cccc(C(N)CN2CCOCC2C)c1. The molecule has 1 aromatic rings. The molecule has 2 N–H and O–H groups in total. The van der Waals surface area contributed by atoms with Crippen LogP contribution in [0.1, 0.15) is 24.1 Å². The predicted octanol–water partition coefficient (Wildman–Crippen LogP) is 1.72. The van der Waals surface area contributed by atoms with Gasteiger partial charge >= 0.3 is 0 Å². The van der Waals surface area contributed by atoms with Gasteiger partial charge in [0.15, 0.2) is 0 Å². The fourth-order valence-corrected chi connectivity index (χ4v) is 2.29. The van der Waals surface area contributed by atoms with Crippen LogP contribution in [0.15, 0.2) is 24.3 Å². The highest BCUT2D eigenvalue weighted by Crippen LogP contribution is 2.16. The van der Waals surface area contributed by atoms with Gasteiger partial charge in [0.2, 0.25) is 0 Å². The van der Waals surface area contributed by atoms with E-state index in [2.05, 4.69) is 43.0 Å². The molecule has 94 valence electrons. The summed E-state index contributed by atoms with van der Waals surface area (Å²) in [4.78, 5) is 2.41. The summed E-state index contributed by atoms with van der Waals surface area (Å²) in [6.07, 6.45) is 0. The first kappa shape index (κ1) is 12.6. The number of hydrogen-bond acceptors (Lipinski definition) is 3. The zero-order valence-electron chi connectivity index (χ0n) is 10.7. The summed E-state index contributed by atoms with van der Waals surface area (Å²) in [6, 6.07) is 9.04. The zero-order valence-corrected chi connectivity index (χ0v) is 10.7. The molecule has 0 radical (unpaired) electrons. The number of morpholine rings is 1. The molecule has 3 nitrogen and oxygen atoms in total. The first-order valence-corrected chi connectivity index (χ1v) is 6.31. The first-order valence-electron chi connectivity index (χ1n) is 6.31. The Kier molecular flexibility index (Phi) is 4.15. The molecule has 0 spiro atoms. The van der Waals surface area contributed by atoms with E-state index in [-0.39, 0.29) is 6.04 Å². The van der Waals surface area contributed by atoms with Gasteiger partial charge in [-0.25, -0.2) is 0 Å². The lowest BCUT2D eigenvalue weighted by Crippen LogP contribution is -2.46. The maximum absolute atomic E-state index is 6.27. The average Bonchev–Trinajstić information content (AvgIpc) is 2.32. The van der Waals surface area contributed by atoms with Gasteiger partial charge in [0.25, 0.3) is 0 Å². The van der Waals surface area contributed by atoms with Gasteiger partial charge in [-0.05, 0) is 19.4 Å². The smallest absolute Gasteiger partial charge is 0.0619 e. The van der Waals surface area contributed by atoms with Gasteiger partial charge in [-0.2, -0.15) is 0 Å². The summed E-state index contributed by atoms with van der Waals surface area (Å²) in [5, 5.41) is 0. The molecule has 2 unspecified atom stereocenters. The number of nitrogens with zero attached hydrogens (tertiary/aromatic N) is 1. The third-order valence-electron chi connectivity index (χ3n) is 3.41. The van der Waals surface area contributed by atoms with E-state index in [1.807, 2.05) is 0 Å². The van der Waals surface area contributed by atoms with Crippen LogP contribution in [0.5, 0.6) is 0 Å². The van der Waals surface area contributed by atoms with E-state index in [9.17, 15) is 0 Å². The normalized spacial score (nSPS) is 23.6. The van der Waals surface area contributed by atoms with Gasteiger partial charge in [-0.1, -0.05) is 29.8 Å². The average molecular weight is 234 g/mol. The fourth-order valence-electron chi connectivity index (χ4n) is 2.29. The molecule has 0 aliphatic carbocycles. The van der Waals surface area contributed by atoms with E-state index >= 15 is 0 Å². The van der Waals surface area contributed by atoms with E-state index in [1.54, 1.807) is 0 Å². The summed E-state index contributed by atoms with van der Waals surface area (Å²) in [6.45, 7) is 7.84. The second-order valence-electron chi connectivity index (χ2n) is 4.94. The largest absolute Gasteiger partial charge is 0.379 e. The molecule has 1 saturated heterocycles. The van der Waals surface area contributed by atoms with Crippen LogP contribution >= 0.6 is 0 Å². The topological polar surface area (TPSA) is 38.5 Å². The van der Waals surface area contributed by atoms with Crippen LogP contribution in [0.3, 0.4) is 0 Å². The van der Waals surface area contributed by atoms with Crippen LogP contribution in [-0.2, 0) is 4.74 Å². The Bertz CT molecular complexity index is 367. The van der Waals surface area contributed by atoms with Crippen LogP contribution in [-0.4, -0.2) is 37.2 Å². The Morgan fingerprint density at radius 3 is 3.06 bits per heavy atom. The molecule has 1 heterocycles. The van der Waals surface area contributed by atoms with E-state index in [4.69, 9.17) is 10.5 Å². The highest BCUT2D eigenvalue weighted by atomic mass is 16.5. The molecule has 0 bridgehead atoms. The minimum Gasteiger partial charge on any atom is -0.379 e. The van der Waals surface area contributed by atoms with Gasteiger partial charge < -0.3 is 10.5 Å². The van der Waals surface area contributed by atoms with Crippen LogP contribution in [0.4, 0.5) is 0 Å². The highest BCUT2D eigenvalue weighted by Gasteiger charge is 2.21. The van der Waals surface area contributed by atoms with Crippen molar-refractivity contribution in [3.63, 3.8) is 0 Å². The van der Waals surface area contributed by atoms with Crippen molar-refractivity contribution in [3.8, 4) is 0 Å². The molecule has 3 heteroatoms. The van der Waals surface area contributed by atoms with Gasteiger partial charge in [-0.3, -0.25) is 4.90 Å². The van der Waals surface area contributed by atoms with Crippen molar-refractivity contribution in [2.75, 3.05) is 26.3 Å². The molecule has 0 aromatic heterocycles. The molecule has 0 saturated carbocycles. The highest BCUT2D eigenvalue weighted by molar-refractivity contribution is 5.25. The monoisotopic (exact) mass is 234 g/mol. The molecular formula is C14H22N2O. The lowest BCUT2D eigenvalue weighted by molar-refractivity contribution is -0.00281. The van der Waals surface area contributed by atoms with Crippen LogP contribution in [0, 0.1) is 6.92 Å². The molecule has 1 aromatic carbocycles. The van der Waals surface area contributed by atoms with Crippen molar-refractivity contribution < 1.29 is 4.74 Å². The van der Waals surface area contributed by atoms with Gasteiger partial charge in [0.05, 0.1) is 13.2 Å². The Morgan fingerprint density at radius 1 is 1.53 bits per heavy atom. The van der Waals surface area contributed by atoms with Gasteiger partial charge in [-0.15, -0.1) is 0 Å². The minimum absolute atomic E-state index is 0.0930. The van der Waals surface area contributed by atoms with E-state index in [0.717, 1.165) is 26.3 Å². The fraction of sp³-hybridized carbons (Fsp3) is 0.571. The number of aryl methyl sites for hydroxylation is 1. The lowest BCUT2D eigenvalue weighted by atomic mass is 10.0. The number of hydrogen-bond donors (Lipinski definition) is 1. The number of rotatable bonds is 3. The second-order valence-corrected chi connectivity index (χ2v) is 4.94. The summed E-state index contributed by atoms with van der Waals surface area (Å²) in [7, 11) is 0. The van der Waals surface area contributed by atoms with Crippen molar-refractivity contribution in [3.05, 3.63) is 35.4 Å². The van der Waals surface area contributed by atoms with Crippen LogP contribution < -0.4 is 5.73 Å². The lowest BCUT2D eigenvalue weighted by Gasteiger charge is -2.35. The van der Waals surface area contributed by atoms with Crippen molar-refractivity contribution >= 4 is 0 Å². The van der Waals surface area contributed by atoms with Crippen LogP contribution in [0.2, 0.25) is 0 Å². The minimum atomic E-state index is 0.0930. The molecule has 0 amide bonds. The molecule has 1 aliphatic rings. The first-order chi connectivity index (χ1) is 8.16. The standard InChI is InChI=1S/C14H22N2O/c1-11-4-3-5-13(8-11)14(15)9-16-6-7-17-10-12(16)2/h3-5,8,12,14H,6-7,9-10,15H2,1-2H3. The third kappa shape index (κ3) is 3.28. The van der Waals surface area contributed by atoms with E-state index in [1.165, 1.54) is 11.1 Å². The zero-order chi connectivity index (χ0) is 12.3. The summed E-state index contributed by atoms with van der Waals surface area (Å²) < 4.78 is 5.44. The van der Waals surface area contributed by atoms with Crippen molar-refractivity contribution in [1.82, 2.24) is 4.90 Å². The Hall–Kier alpha value is -0.900. The molecule has 1 aliphatic heterocycles. The van der Waals surface area contributed by atoms with E-state index in [0.29, 0.717) is 6.04 Å². The third-order valence-corrected chi connectivity index (χ3v) is 3.41. The molecule has 2 rings (SSSR count). The summed E-state index contributed by atoms with van der Waals surface area (Å²) in [5.74, 6) is 0.